The van der Waals surface area contributed by atoms with Crippen LogP contribution in [0.4, 0.5) is 16.0 Å². The smallest absolute Gasteiger partial charge is 0.258 e. The van der Waals surface area contributed by atoms with E-state index in [9.17, 15) is 9.18 Å². The number of ether oxygens (including phenoxy) is 1. The quantitative estimate of drug-likeness (QED) is 0.640. The van der Waals surface area contributed by atoms with Gasteiger partial charge in [-0.25, -0.2) is 4.39 Å². The zero-order chi connectivity index (χ0) is 23.5. The first-order valence-electron chi connectivity index (χ1n) is 12.0. The van der Waals surface area contributed by atoms with Gasteiger partial charge in [0.05, 0.1) is 16.7 Å². The largest absolute Gasteiger partial charge is 0.377 e. The van der Waals surface area contributed by atoms with Crippen LogP contribution in [0.25, 0.3) is 0 Å². The molecule has 3 saturated heterocycles. The van der Waals surface area contributed by atoms with Gasteiger partial charge in [-0.3, -0.25) is 9.69 Å². The van der Waals surface area contributed by atoms with Crippen molar-refractivity contribution < 1.29 is 13.9 Å². The molecule has 1 atom stereocenters. The van der Waals surface area contributed by atoms with E-state index in [2.05, 4.69) is 24.9 Å². The highest BCUT2D eigenvalue weighted by molar-refractivity contribution is 6.33. The van der Waals surface area contributed by atoms with E-state index in [0.717, 1.165) is 51.0 Å². The summed E-state index contributed by atoms with van der Waals surface area (Å²) in [5.41, 5.74) is -0.0578. The molecule has 0 N–H and O–H groups in total. The van der Waals surface area contributed by atoms with E-state index < -0.39 is 5.82 Å². The molecule has 0 spiro atoms. The number of halogens is 2. The van der Waals surface area contributed by atoms with Crippen LogP contribution in [0.15, 0.2) is 30.3 Å². The molecular weight excluding hydrogens is 459 g/mol. The molecule has 4 heterocycles. The number of hydrogen-bond donors (Lipinski definition) is 0. The molecule has 182 valence electrons. The van der Waals surface area contributed by atoms with Crippen molar-refractivity contribution in [3.63, 3.8) is 0 Å². The summed E-state index contributed by atoms with van der Waals surface area (Å²) < 4.78 is 19.9. The average molecular weight is 489 g/mol. The molecule has 3 aliphatic rings. The summed E-state index contributed by atoms with van der Waals surface area (Å²) in [6.45, 7) is 7.95. The minimum absolute atomic E-state index is 0.0578. The van der Waals surface area contributed by atoms with Crippen molar-refractivity contribution in [2.45, 2.75) is 18.9 Å². The van der Waals surface area contributed by atoms with Crippen molar-refractivity contribution in [2.24, 2.45) is 0 Å². The molecule has 2 aromatic rings. The fraction of sp³-hybridized carbons (Fsp3) is 0.542. The van der Waals surface area contributed by atoms with Crippen LogP contribution in [0.1, 0.15) is 23.2 Å². The summed E-state index contributed by atoms with van der Waals surface area (Å²) in [5.74, 6) is 0.720. The predicted molar refractivity (Wildman–Crippen MR) is 129 cm³/mol. The minimum Gasteiger partial charge on any atom is -0.377 e. The number of anilines is 2. The Morgan fingerprint density at radius 1 is 0.971 bits per heavy atom. The molecular formula is C24H30ClFN6O2. The Morgan fingerprint density at radius 2 is 1.62 bits per heavy atom. The van der Waals surface area contributed by atoms with Gasteiger partial charge in [0.15, 0.2) is 11.6 Å². The maximum Gasteiger partial charge on any atom is 0.258 e. The van der Waals surface area contributed by atoms with E-state index in [1.807, 2.05) is 12.1 Å². The number of benzene rings is 1. The molecule has 34 heavy (non-hydrogen) atoms. The van der Waals surface area contributed by atoms with Crippen molar-refractivity contribution in [1.82, 2.24) is 20.0 Å². The van der Waals surface area contributed by atoms with Crippen LogP contribution in [-0.2, 0) is 4.74 Å². The molecule has 0 bridgehead atoms. The number of carbonyl (C=O) groups excluding carboxylic acids is 1. The number of rotatable bonds is 5. The Hall–Kier alpha value is -2.49. The van der Waals surface area contributed by atoms with Gasteiger partial charge in [-0.15, -0.1) is 10.2 Å². The molecule has 1 unspecified atom stereocenters. The lowest BCUT2D eigenvalue weighted by molar-refractivity contribution is 0.0712. The Bertz CT molecular complexity index is 967. The van der Waals surface area contributed by atoms with Gasteiger partial charge in [-0.05, 0) is 37.1 Å². The van der Waals surface area contributed by atoms with Crippen molar-refractivity contribution in [3.8, 4) is 0 Å². The summed E-state index contributed by atoms with van der Waals surface area (Å²) in [7, 11) is 0. The fourth-order valence-corrected chi connectivity index (χ4v) is 5.13. The van der Waals surface area contributed by atoms with Crippen molar-refractivity contribution >= 4 is 29.1 Å². The van der Waals surface area contributed by atoms with Gasteiger partial charge in [0.2, 0.25) is 0 Å². The van der Waals surface area contributed by atoms with Gasteiger partial charge in [0.1, 0.15) is 5.82 Å². The van der Waals surface area contributed by atoms with E-state index in [1.165, 1.54) is 31.0 Å². The van der Waals surface area contributed by atoms with Crippen LogP contribution in [0.2, 0.25) is 5.02 Å². The van der Waals surface area contributed by atoms with Crippen molar-refractivity contribution in [1.29, 1.82) is 0 Å². The topological polar surface area (TPSA) is 65.0 Å². The molecule has 1 amide bonds. The van der Waals surface area contributed by atoms with E-state index in [1.54, 1.807) is 4.90 Å². The molecule has 1 aromatic heterocycles. The van der Waals surface area contributed by atoms with Gasteiger partial charge >= 0.3 is 0 Å². The van der Waals surface area contributed by atoms with E-state index >= 15 is 0 Å². The third-order valence-electron chi connectivity index (χ3n) is 6.89. The normalized spacial score (nSPS) is 21.8. The van der Waals surface area contributed by atoms with Gasteiger partial charge in [-0.2, -0.15) is 0 Å². The molecule has 3 aliphatic heterocycles. The standard InChI is InChI=1S/C24H30ClFN6O2/c25-19-4-1-5-20(26)23(19)24(33)32-14-12-31(13-15-32)22-7-6-21(27-28-22)30-10-8-29(9-11-30)17-18-3-2-16-34-18/h1,4-7,18H,2-3,8-17H2. The second-order valence-corrected chi connectivity index (χ2v) is 9.46. The number of amides is 1. The van der Waals surface area contributed by atoms with Crippen LogP contribution in [0, 0.1) is 5.82 Å². The van der Waals surface area contributed by atoms with Crippen LogP contribution in [0.3, 0.4) is 0 Å². The van der Waals surface area contributed by atoms with Crippen LogP contribution < -0.4 is 9.80 Å². The zero-order valence-electron chi connectivity index (χ0n) is 19.2. The fourth-order valence-electron chi connectivity index (χ4n) is 4.89. The van der Waals surface area contributed by atoms with Gasteiger partial charge < -0.3 is 19.4 Å². The van der Waals surface area contributed by atoms with Crippen molar-refractivity contribution in [2.75, 3.05) is 75.3 Å². The van der Waals surface area contributed by atoms with Crippen LogP contribution in [-0.4, -0.2) is 97.5 Å². The second kappa shape index (κ2) is 10.4. The Labute approximate surface area is 204 Å². The monoisotopic (exact) mass is 488 g/mol. The maximum atomic E-state index is 14.1. The summed E-state index contributed by atoms with van der Waals surface area (Å²) in [5, 5.41) is 9.07. The molecule has 5 rings (SSSR count). The number of nitrogens with zero attached hydrogens (tertiary/aromatic N) is 6. The first-order chi connectivity index (χ1) is 16.6. The van der Waals surface area contributed by atoms with E-state index in [4.69, 9.17) is 16.3 Å². The Kier molecular flexibility index (Phi) is 7.12. The predicted octanol–water partition coefficient (Wildman–Crippen LogP) is 2.53. The third kappa shape index (κ3) is 5.11. The first-order valence-corrected chi connectivity index (χ1v) is 12.4. The lowest BCUT2D eigenvalue weighted by Gasteiger charge is -2.37. The minimum atomic E-state index is -0.589. The molecule has 3 fully saturated rings. The highest BCUT2D eigenvalue weighted by Crippen LogP contribution is 2.23. The number of carbonyl (C=O) groups is 1. The molecule has 1 aromatic carbocycles. The number of piperazine rings is 2. The summed E-state index contributed by atoms with van der Waals surface area (Å²) >= 11 is 6.06. The van der Waals surface area contributed by atoms with E-state index in [-0.39, 0.29) is 16.5 Å². The van der Waals surface area contributed by atoms with E-state index in [0.29, 0.717) is 32.3 Å². The maximum absolute atomic E-state index is 14.1. The van der Waals surface area contributed by atoms with Crippen LogP contribution >= 0.6 is 11.6 Å². The second-order valence-electron chi connectivity index (χ2n) is 9.05. The SMILES string of the molecule is O=C(c1c(F)cccc1Cl)N1CCN(c2ccc(N3CCN(CC4CCCO4)CC3)nn2)CC1. The highest BCUT2D eigenvalue weighted by atomic mass is 35.5. The zero-order valence-corrected chi connectivity index (χ0v) is 20.0. The van der Waals surface area contributed by atoms with Gasteiger partial charge in [0, 0.05) is 65.5 Å². The lowest BCUT2D eigenvalue weighted by Crippen LogP contribution is -2.49. The van der Waals surface area contributed by atoms with Gasteiger partial charge in [0.25, 0.3) is 5.91 Å². The van der Waals surface area contributed by atoms with Crippen molar-refractivity contribution in [3.05, 3.63) is 46.7 Å². The lowest BCUT2D eigenvalue weighted by atomic mass is 10.1. The Balaban J connectivity index is 1.12. The number of hydrogen-bond acceptors (Lipinski definition) is 7. The molecule has 8 nitrogen and oxygen atoms in total. The molecule has 0 aliphatic carbocycles. The summed E-state index contributed by atoms with van der Waals surface area (Å²) in [6, 6.07) is 8.31. The summed E-state index contributed by atoms with van der Waals surface area (Å²) in [4.78, 5) is 21.3. The summed E-state index contributed by atoms with van der Waals surface area (Å²) in [6.07, 6.45) is 2.75. The average Bonchev–Trinajstić information content (AvgIpc) is 3.38. The molecule has 10 heteroatoms. The number of aromatic nitrogens is 2. The Morgan fingerprint density at radius 3 is 2.18 bits per heavy atom. The third-order valence-corrected chi connectivity index (χ3v) is 7.20. The molecule has 0 saturated carbocycles. The first kappa shape index (κ1) is 23.3. The van der Waals surface area contributed by atoms with Gasteiger partial charge in [-0.1, -0.05) is 17.7 Å². The van der Waals surface area contributed by atoms with Crippen LogP contribution in [0.5, 0.6) is 0 Å². The molecule has 0 radical (unpaired) electrons. The highest BCUT2D eigenvalue weighted by Gasteiger charge is 2.27.